The van der Waals surface area contributed by atoms with Crippen LogP contribution in [0.2, 0.25) is 5.02 Å². The fourth-order valence-corrected chi connectivity index (χ4v) is 2.79. The first-order valence-electron chi connectivity index (χ1n) is 6.65. The van der Waals surface area contributed by atoms with Crippen LogP contribution in [0.5, 0.6) is 0 Å². The molecule has 0 amide bonds. The Labute approximate surface area is 116 Å². The maximum atomic E-state index is 12.3. The number of rotatable bonds is 4. The first-order valence-corrected chi connectivity index (χ1v) is 7.03. The minimum absolute atomic E-state index is 0.156. The molecule has 3 nitrogen and oxygen atoms in total. The van der Waals surface area contributed by atoms with Gasteiger partial charge in [-0.05, 0) is 37.5 Å². The van der Waals surface area contributed by atoms with Gasteiger partial charge < -0.3 is 9.72 Å². The van der Waals surface area contributed by atoms with Gasteiger partial charge >= 0.3 is 0 Å². The zero-order valence-corrected chi connectivity index (χ0v) is 11.4. The summed E-state index contributed by atoms with van der Waals surface area (Å²) in [5, 5.41) is 1.56. The van der Waals surface area contributed by atoms with Crippen LogP contribution in [0.3, 0.4) is 0 Å². The fraction of sp³-hybridized carbons (Fsp3) is 0.400. The number of aromatic amines is 1. The summed E-state index contributed by atoms with van der Waals surface area (Å²) in [4.78, 5) is 15.4. The van der Waals surface area contributed by atoms with Crippen LogP contribution in [0.25, 0.3) is 10.9 Å². The first-order chi connectivity index (χ1) is 9.24. The standard InChI is InChI=1S/C15H16ClNO2/c16-10-3-5-14-12(8-10)13(9-17-14)15(18)6-4-11-2-1-7-19-11/h3,5,8-9,11,17H,1-2,4,6-7H2. The molecular weight excluding hydrogens is 262 g/mol. The summed E-state index contributed by atoms with van der Waals surface area (Å²) >= 11 is 5.99. The Balaban J connectivity index is 1.75. The number of aromatic nitrogens is 1. The van der Waals surface area contributed by atoms with Gasteiger partial charge in [-0.3, -0.25) is 4.79 Å². The number of H-pyrrole nitrogens is 1. The van der Waals surface area contributed by atoms with Crippen molar-refractivity contribution < 1.29 is 9.53 Å². The number of ketones is 1. The molecule has 19 heavy (non-hydrogen) atoms. The van der Waals surface area contributed by atoms with E-state index in [2.05, 4.69) is 4.98 Å². The van der Waals surface area contributed by atoms with Gasteiger partial charge in [-0.15, -0.1) is 0 Å². The van der Waals surface area contributed by atoms with Crippen molar-refractivity contribution in [1.29, 1.82) is 0 Å². The molecule has 1 fully saturated rings. The van der Waals surface area contributed by atoms with Crippen molar-refractivity contribution in [2.45, 2.75) is 31.8 Å². The molecule has 0 bridgehead atoms. The molecule has 1 unspecified atom stereocenters. The van der Waals surface area contributed by atoms with E-state index in [9.17, 15) is 4.79 Å². The van der Waals surface area contributed by atoms with Crippen LogP contribution in [-0.4, -0.2) is 23.5 Å². The summed E-state index contributed by atoms with van der Waals surface area (Å²) in [5.41, 5.74) is 1.68. The van der Waals surface area contributed by atoms with E-state index in [0.29, 0.717) is 11.4 Å². The zero-order chi connectivity index (χ0) is 13.2. The molecule has 1 aliphatic rings. The predicted molar refractivity (Wildman–Crippen MR) is 75.8 cm³/mol. The predicted octanol–water partition coefficient (Wildman–Crippen LogP) is 3.96. The molecule has 4 heteroatoms. The molecule has 1 atom stereocenters. The third-order valence-corrected chi connectivity index (χ3v) is 3.90. The molecule has 1 aromatic heterocycles. The Morgan fingerprint density at radius 2 is 2.37 bits per heavy atom. The Morgan fingerprint density at radius 1 is 1.47 bits per heavy atom. The number of halogens is 1. The van der Waals surface area contributed by atoms with Gasteiger partial charge in [0.2, 0.25) is 0 Å². The molecule has 2 aromatic rings. The monoisotopic (exact) mass is 277 g/mol. The van der Waals surface area contributed by atoms with Crippen molar-refractivity contribution in [3.8, 4) is 0 Å². The highest BCUT2D eigenvalue weighted by Gasteiger charge is 2.18. The topological polar surface area (TPSA) is 42.1 Å². The SMILES string of the molecule is O=C(CCC1CCCO1)c1c[nH]c2ccc(Cl)cc12. The zero-order valence-electron chi connectivity index (χ0n) is 10.6. The molecule has 0 saturated carbocycles. The molecule has 100 valence electrons. The Kier molecular flexibility index (Phi) is 3.58. The fourth-order valence-electron chi connectivity index (χ4n) is 2.62. The Morgan fingerprint density at radius 3 is 3.16 bits per heavy atom. The average molecular weight is 278 g/mol. The third kappa shape index (κ3) is 2.67. The number of nitrogens with one attached hydrogen (secondary N) is 1. The summed E-state index contributed by atoms with van der Waals surface area (Å²) in [6, 6.07) is 5.56. The van der Waals surface area contributed by atoms with Gasteiger partial charge in [0.1, 0.15) is 0 Å². The van der Waals surface area contributed by atoms with Crippen LogP contribution in [-0.2, 0) is 4.74 Å². The highest BCUT2D eigenvalue weighted by Crippen LogP contribution is 2.25. The molecule has 3 rings (SSSR count). The van der Waals surface area contributed by atoms with Gasteiger partial charge in [0.25, 0.3) is 0 Å². The summed E-state index contributed by atoms with van der Waals surface area (Å²) < 4.78 is 5.55. The van der Waals surface area contributed by atoms with E-state index in [0.717, 1.165) is 42.3 Å². The van der Waals surface area contributed by atoms with Crippen molar-refractivity contribution in [2.24, 2.45) is 0 Å². The van der Waals surface area contributed by atoms with Crippen molar-refractivity contribution in [1.82, 2.24) is 4.98 Å². The van der Waals surface area contributed by atoms with Gasteiger partial charge in [0.05, 0.1) is 6.10 Å². The maximum Gasteiger partial charge on any atom is 0.165 e. The first kappa shape index (κ1) is 12.7. The number of fused-ring (bicyclic) bond motifs is 1. The Hall–Kier alpha value is -1.32. The third-order valence-electron chi connectivity index (χ3n) is 3.66. The van der Waals surface area contributed by atoms with Gasteiger partial charge in [-0.1, -0.05) is 11.6 Å². The number of carbonyl (C=O) groups excluding carboxylic acids is 1. The van der Waals surface area contributed by atoms with Crippen molar-refractivity contribution in [3.63, 3.8) is 0 Å². The second-order valence-electron chi connectivity index (χ2n) is 4.99. The number of carbonyl (C=O) groups is 1. The lowest BCUT2D eigenvalue weighted by Crippen LogP contribution is -2.08. The normalized spacial score (nSPS) is 19.1. The molecule has 1 N–H and O–H groups in total. The quantitative estimate of drug-likeness (QED) is 0.860. The molecule has 0 spiro atoms. The number of Topliss-reactive ketones (excluding diaryl/α,β-unsaturated/α-hetero) is 1. The smallest absolute Gasteiger partial charge is 0.165 e. The molecular formula is C15H16ClNO2. The van der Waals surface area contributed by atoms with E-state index in [1.54, 1.807) is 6.20 Å². The minimum atomic E-state index is 0.156. The minimum Gasteiger partial charge on any atom is -0.378 e. The molecule has 2 heterocycles. The van der Waals surface area contributed by atoms with E-state index in [1.165, 1.54) is 0 Å². The molecule has 1 aromatic carbocycles. The van der Waals surface area contributed by atoms with Crippen molar-refractivity contribution >= 4 is 28.3 Å². The highest BCUT2D eigenvalue weighted by molar-refractivity contribution is 6.31. The van der Waals surface area contributed by atoms with Crippen LogP contribution in [0.1, 0.15) is 36.0 Å². The molecule has 0 radical (unpaired) electrons. The second kappa shape index (κ2) is 5.35. The lowest BCUT2D eigenvalue weighted by Gasteiger charge is -2.07. The van der Waals surface area contributed by atoms with Crippen molar-refractivity contribution in [2.75, 3.05) is 6.61 Å². The summed E-state index contributed by atoms with van der Waals surface area (Å²) in [7, 11) is 0. The van der Waals surface area contributed by atoms with E-state index >= 15 is 0 Å². The second-order valence-corrected chi connectivity index (χ2v) is 5.43. The van der Waals surface area contributed by atoms with Crippen LogP contribution >= 0.6 is 11.6 Å². The van der Waals surface area contributed by atoms with Crippen LogP contribution < -0.4 is 0 Å². The maximum absolute atomic E-state index is 12.3. The summed E-state index contributed by atoms with van der Waals surface area (Å²) in [6.07, 6.45) is 5.57. The van der Waals surface area contributed by atoms with E-state index in [-0.39, 0.29) is 11.9 Å². The molecule has 1 aliphatic heterocycles. The Bertz CT molecular complexity index is 599. The van der Waals surface area contributed by atoms with Gasteiger partial charge in [0, 0.05) is 40.7 Å². The summed E-state index contributed by atoms with van der Waals surface area (Å²) in [5.74, 6) is 0.156. The number of hydrogen-bond donors (Lipinski definition) is 1. The number of benzene rings is 1. The highest BCUT2D eigenvalue weighted by atomic mass is 35.5. The lowest BCUT2D eigenvalue weighted by atomic mass is 10.0. The van der Waals surface area contributed by atoms with Crippen molar-refractivity contribution in [3.05, 3.63) is 35.0 Å². The lowest BCUT2D eigenvalue weighted by molar-refractivity contribution is 0.0860. The molecule has 1 saturated heterocycles. The van der Waals surface area contributed by atoms with Gasteiger partial charge in [-0.2, -0.15) is 0 Å². The van der Waals surface area contributed by atoms with Gasteiger partial charge in [0.15, 0.2) is 5.78 Å². The number of ether oxygens (including phenoxy) is 1. The van der Waals surface area contributed by atoms with Crippen LogP contribution in [0.4, 0.5) is 0 Å². The van der Waals surface area contributed by atoms with Crippen LogP contribution in [0, 0.1) is 0 Å². The largest absolute Gasteiger partial charge is 0.378 e. The van der Waals surface area contributed by atoms with E-state index in [1.807, 2.05) is 18.2 Å². The van der Waals surface area contributed by atoms with Gasteiger partial charge in [-0.25, -0.2) is 0 Å². The molecule has 0 aliphatic carbocycles. The van der Waals surface area contributed by atoms with Crippen LogP contribution in [0.15, 0.2) is 24.4 Å². The van der Waals surface area contributed by atoms with E-state index in [4.69, 9.17) is 16.3 Å². The van der Waals surface area contributed by atoms with E-state index < -0.39 is 0 Å². The number of hydrogen-bond acceptors (Lipinski definition) is 2. The summed E-state index contributed by atoms with van der Waals surface area (Å²) in [6.45, 7) is 0.835. The average Bonchev–Trinajstić information content (AvgIpc) is 3.04.